The van der Waals surface area contributed by atoms with Gasteiger partial charge in [0.2, 0.25) is 0 Å². The van der Waals surface area contributed by atoms with Crippen LogP contribution in [-0.2, 0) is 6.54 Å². The topological polar surface area (TPSA) is 45.6 Å². The average Bonchev–Trinajstić information content (AvgIpc) is 2.47. The van der Waals surface area contributed by atoms with Crippen molar-refractivity contribution < 1.29 is 9.84 Å². The quantitative estimate of drug-likeness (QED) is 0.909. The second kappa shape index (κ2) is 6.39. The third-order valence-corrected chi connectivity index (χ3v) is 3.20. The molecule has 0 aliphatic rings. The van der Waals surface area contributed by atoms with Crippen LogP contribution in [0.5, 0.6) is 5.75 Å². The Bertz CT molecular complexity index is 553. The van der Waals surface area contributed by atoms with Gasteiger partial charge in [0, 0.05) is 19.8 Å². The lowest BCUT2D eigenvalue weighted by Crippen LogP contribution is -2.17. The number of hydrogen-bond donors (Lipinski definition) is 1. The summed E-state index contributed by atoms with van der Waals surface area (Å²) in [7, 11) is 3.66. The number of aliphatic hydroxyl groups is 1. The Kier molecular flexibility index (Phi) is 4.58. The van der Waals surface area contributed by atoms with Crippen LogP contribution in [0.1, 0.15) is 24.2 Å². The number of pyridine rings is 1. The molecule has 4 heteroatoms. The largest absolute Gasteiger partial charge is 0.497 e. The van der Waals surface area contributed by atoms with Crippen LogP contribution in [-0.4, -0.2) is 24.2 Å². The highest BCUT2D eigenvalue weighted by molar-refractivity contribution is 5.40. The molecule has 1 heterocycles. The van der Waals surface area contributed by atoms with E-state index >= 15 is 0 Å². The highest BCUT2D eigenvalue weighted by Gasteiger charge is 2.06. The summed E-state index contributed by atoms with van der Waals surface area (Å²) in [6.07, 6.45) is 1.22. The van der Waals surface area contributed by atoms with Crippen molar-refractivity contribution in [2.24, 2.45) is 0 Å². The zero-order chi connectivity index (χ0) is 14.5. The van der Waals surface area contributed by atoms with Crippen LogP contribution in [0.15, 0.2) is 42.6 Å². The van der Waals surface area contributed by atoms with Crippen molar-refractivity contribution in [3.63, 3.8) is 0 Å². The predicted octanol–water partition coefficient (Wildman–Crippen LogP) is 2.78. The van der Waals surface area contributed by atoms with Crippen LogP contribution in [0.2, 0.25) is 0 Å². The van der Waals surface area contributed by atoms with Crippen molar-refractivity contribution in [2.45, 2.75) is 19.6 Å². The van der Waals surface area contributed by atoms with Crippen LogP contribution in [0, 0.1) is 0 Å². The van der Waals surface area contributed by atoms with Crippen molar-refractivity contribution in [2.75, 3.05) is 19.1 Å². The maximum Gasteiger partial charge on any atom is 0.128 e. The maximum atomic E-state index is 9.48. The van der Waals surface area contributed by atoms with E-state index in [-0.39, 0.29) is 0 Å². The molecular weight excluding hydrogens is 252 g/mol. The lowest BCUT2D eigenvalue weighted by Gasteiger charge is -2.19. The fourth-order valence-electron chi connectivity index (χ4n) is 2.00. The van der Waals surface area contributed by atoms with E-state index in [0.29, 0.717) is 0 Å². The van der Waals surface area contributed by atoms with Crippen LogP contribution in [0.3, 0.4) is 0 Å². The summed E-state index contributed by atoms with van der Waals surface area (Å²) in [4.78, 5) is 6.43. The normalized spacial score (nSPS) is 12.0. The first-order valence-corrected chi connectivity index (χ1v) is 6.58. The molecule has 0 spiro atoms. The fraction of sp³-hybridized carbons (Fsp3) is 0.312. The molecule has 1 N–H and O–H groups in total. The summed E-state index contributed by atoms with van der Waals surface area (Å²) in [5.74, 6) is 1.73. The Balaban J connectivity index is 2.08. The van der Waals surface area contributed by atoms with Gasteiger partial charge in [0.1, 0.15) is 11.6 Å². The molecule has 106 valence electrons. The van der Waals surface area contributed by atoms with Gasteiger partial charge in [-0.25, -0.2) is 4.98 Å². The number of anilines is 1. The zero-order valence-corrected chi connectivity index (χ0v) is 12.1. The van der Waals surface area contributed by atoms with Gasteiger partial charge in [0.25, 0.3) is 0 Å². The van der Waals surface area contributed by atoms with E-state index in [1.54, 1.807) is 20.2 Å². The molecule has 4 nitrogen and oxygen atoms in total. The standard InChI is InChI=1S/C16H20N2O2/c1-12(19)14-7-8-16(17-10-14)18(2)11-13-5-4-6-15(9-13)20-3/h4-10,12,19H,11H2,1-3H3. The Labute approximate surface area is 119 Å². The molecule has 1 atom stereocenters. The molecule has 0 bridgehead atoms. The van der Waals surface area contributed by atoms with Crippen LogP contribution in [0.25, 0.3) is 0 Å². The summed E-state index contributed by atoms with van der Waals surface area (Å²) >= 11 is 0. The molecule has 0 amide bonds. The van der Waals surface area contributed by atoms with Crippen LogP contribution >= 0.6 is 0 Å². The molecule has 0 saturated heterocycles. The van der Waals surface area contributed by atoms with Crippen LogP contribution in [0.4, 0.5) is 5.82 Å². The summed E-state index contributed by atoms with van der Waals surface area (Å²) in [6.45, 7) is 2.48. The second-order valence-electron chi connectivity index (χ2n) is 4.83. The molecule has 0 aliphatic carbocycles. The van der Waals surface area contributed by atoms with E-state index in [2.05, 4.69) is 16.0 Å². The van der Waals surface area contributed by atoms with Gasteiger partial charge in [-0.2, -0.15) is 0 Å². The molecule has 0 saturated carbocycles. The van der Waals surface area contributed by atoms with Crippen molar-refractivity contribution in [1.29, 1.82) is 0 Å². The Hall–Kier alpha value is -2.07. The van der Waals surface area contributed by atoms with Crippen LogP contribution < -0.4 is 9.64 Å². The van der Waals surface area contributed by atoms with E-state index in [1.807, 2.05) is 37.4 Å². The molecule has 0 fully saturated rings. The average molecular weight is 272 g/mol. The SMILES string of the molecule is COc1cccc(CN(C)c2ccc(C(C)O)cn2)c1. The van der Waals surface area contributed by atoms with E-state index in [4.69, 9.17) is 4.74 Å². The van der Waals surface area contributed by atoms with Crippen molar-refractivity contribution >= 4 is 5.82 Å². The molecule has 20 heavy (non-hydrogen) atoms. The number of rotatable bonds is 5. The third kappa shape index (κ3) is 3.48. The minimum atomic E-state index is -0.486. The van der Waals surface area contributed by atoms with E-state index in [1.165, 1.54) is 0 Å². The number of aliphatic hydroxyl groups excluding tert-OH is 1. The van der Waals surface area contributed by atoms with Gasteiger partial charge >= 0.3 is 0 Å². The number of nitrogens with zero attached hydrogens (tertiary/aromatic N) is 2. The van der Waals surface area contributed by atoms with Crippen molar-refractivity contribution in [3.05, 3.63) is 53.7 Å². The van der Waals surface area contributed by atoms with E-state index in [9.17, 15) is 5.11 Å². The molecule has 2 rings (SSSR count). The first-order chi connectivity index (χ1) is 9.60. The lowest BCUT2D eigenvalue weighted by atomic mass is 10.2. The van der Waals surface area contributed by atoms with Gasteiger partial charge in [-0.15, -0.1) is 0 Å². The molecule has 1 aromatic carbocycles. The zero-order valence-electron chi connectivity index (χ0n) is 12.1. The number of hydrogen-bond acceptors (Lipinski definition) is 4. The molecule has 1 aromatic heterocycles. The van der Waals surface area contributed by atoms with Gasteiger partial charge in [0.05, 0.1) is 13.2 Å². The molecule has 2 aromatic rings. The molecule has 1 unspecified atom stereocenters. The third-order valence-electron chi connectivity index (χ3n) is 3.20. The Morgan fingerprint density at radius 3 is 2.70 bits per heavy atom. The number of aromatic nitrogens is 1. The first kappa shape index (κ1) is 14.3. The monoisotopic (exact) mass is 272 g/mol. The number of ether oxygens (including phenoxy) is 1. The van der Waals surface area contributed by atoms with Crippen molar-refractivity contribution in [3.8, 4) is 5.75 Å². The smallest absolute Gasteiger partial charge is 0.128 e. The van der Waals surface area contributed by atoms with Gasteiger partial charge in [-0.05, 0) is 36.2 Å². The van der Waals surface area contributed by atoms with E-state index < -0.39 is 6.10 Å². The van der Waals surface area contributed by atoms with Gasteiger partial charge in [-0.3, -0.25) is 0 Å². The fourth-order valence-corrected chi connectivity index (χ4v) is 2.00. The van der Waals surface area contributed by atoms with Crippen molar-refractivity contribution in [1.82, 2.24) is 4.98 Å². The highest BCUT2D eigenvalue weighted by atomic mass is 16.5. The summed E-state index contributed by atoms with van der Waals surface area (Å²) < 4.78 is 5.22. The van der Waals surface area contributed by atoms with Gasteiger partial charge in [-0.1, -0.05) is 18.2 Å². The maximum absolute atomic E-state index is 9.48. The minimum absolute atomic E-state index is 0.486. The van der Waals surface area contributed by atoms with Gasteiger partial charge in [0.15, 0.2) is 0 Å². The molecule has 0 radical (unpaired) electrons. The minimum Gasteiger partial charge on any atom is -0.497 e. The Morgan fingerprint density at radius 1 is 1.30 bits per heavy atom. The first-order valence-electron chi connectivity index (χ1n) is 6.58. The van der Waals surface area contributed by atoms with Gasteiger partial charge < -0.3 is 14.7 Å². The predicted molar refractivity (Wildman–Crippen MR) is 80.0 cm³/mol. The van der Waals surface area contributed by atoms with E-state index in [0.717, 1.165) is 29.2 Å². The summed E-state index contributed by atoms with van der Waals surface area (Å²) in [5.41, 5.74) is 1.98. The summed E-state index contributed by atoms with van der Waals surface area (Å²) in [6, 6.07) is 11.8. The number of benzene rings is 1. The summed E-state index contributed by atoms with van der Waals surface area (Å²) in [5, 5.41) is 9.48. The second-order valence-corrected chi connectivity index (χ2v) is 4.83. The highest BCUT2D eigenvalue weighted by Crippen LogP contribution is 2.18. The lowest BCUT2D eigenvalue weighted by molar-refractivity contribution is 0.199. The molecular formula is C16H20N2O2. The number of methoxy groups -OCH3 is 1. The Morgan fingerprint density at radius 2 is 2.10 bits per heavy atom. The molecule has 0 aliphatic heterocycles.